The zero-order chi connectivity index (χ0) is 8.81. The van der Waals surface area contributed by atoms with Gasteiger partial charge in [0.2, 0.25) is 0 Å². The van der Waals surface area contributed by atoms with Crippen LogP contribution in [0.5, 0.6) is 0 Å². The molecule has 1 heterocycles. The van der Waals surface area contributed by atoms with Crippen molar-refractivity contribution in [2.75, 3.05) is 7.05 Å². The van der Waals surface area contributed by atoms with Crippen molar-refractivity contribution in [1.82, 2.24) is 5.32 Å². The average Bonchev–Trinajstić information content (AvgIpc) is 2.15. The minimum Gasteiger partial charge on any atom is -0.387 e. The van der Waals surface area contributed by atoms with Gasteiger partial charge in [0.15, 0.2) is 0 Å². The minimum absolute atomic E-state index is 1.05. The predicted octanol–water partition coefficient (Wildman–Crippen LogP) is 2.25. The molecule has 12 heavy (non-hydrogen) atoms. The van der Waals surface area contributed by atoms with Crippen molar-refractivity contribution in [3.63, 3.8) is 0 Å². The molecule has 0 bridgehead atoms. The van der Waals surface area contributed by atoms with E-state index in [1.807, 2.05) is 13.2 Å². The van der Waals surface area contributed by atoms with Gasteiger partial charge in [-0.25, -0.2) is 0 Å². The van der Waals surface area contributed by atoms with Crippen LogP contribution in [0.15, 0.2) is 29.0 Å². The van der Waals surface area contributed by atoms with Crippen molar-refractivity contribution in [2.24, 2.45) is 4.99 Å². The topological polar surface area (TPSA) is 24.4 Å². The molecule has 1 aliphatic rings. The van der Waals surface area contributed by atoms with Crippen LogP contribution in [0.1, 0.15) is 26.2 Å². The van der Waals surface area contributed by atoms with Gasteiger partial charge in [-0.2, -0.15) is 0 Å². The number of aliphatic imine (C=N–C) groups is 1. The van der Waals surface area contributed by atoms with Gasteiger partial charge < -0.3 is 5.32 Å². The van der Waals surface area contributed by atoms with Crippen LogP contribution in [-0.4, -0.2) is 12.8 Å². The molecule has 0 saturated heterocycles. The van der Waals surface area contributed by atoms with Crippen LogP contribution < -0.4 is 5.32 Å². The number of hydrogen-bond donors (Lipinski definition) is 1. The van der Waals surface area contributed by atoms with E-state index in [4.69, 9.17) is 0 Å². The summed E-state index contributed by atoms with van der Waals surface area (Å²) in [7, 11) is 1.95. The molecular formula is C10H16N2. The zero-order valence-corrected chi connectivity index (χ0v) is 7.80. The van der Waals surface area contributed by atoms with Crippen molar-refractivity contribution in [1.29, 1.82) is 0 Å². The van der Waals surface area contributed by atoms with Crippen molar-refractivity contribution in [3.8, 4) is 0 Å². The summed E-state index contributed by atoms with van der Waals surface area (Å²) in [6.45, 7) is 2.14. The Hall–Kier alpha value is -1.05. The predicted molar refractivity (Wildman–Crippen MR) is 53.2 cm³/mol. The molecule has 2 heteroatoms. The van der Waals surface area contributed by atoms with Gasteiger partial charge in [0.25, 0.3) is 0 Å². The molecule has 1 aliphatic heterocycles. The molecule has 0 unspecified atom stereocenters. The SMILES string of the molecule is CC/C=C(\NC)C1=NC=CCC1. The lowest BCUT2D eigenvalue weighted by Gasteiger charge is -2.11. The second-order valence-corrected chi connectivity index (χ2v) is 2.78. The highest BCUT2D eigenvalue weighted by Gasteiger charge is 2.05. The van der Waals surface area contributed by atoms with Gasteiger partial charge in [0.05, 0.1) is 11.4 Å². The second kappa shape index (κ2) is 4.75. The van der Waals surface area contributed by atoms with E-state index in [0.717, 1.165) is 19.3 Å². The smallest absolute Gasteiger partial charge is 0.0634 e. The highest BCUT2D eigenvalue weighted by Crippen LogP contribution is 2.08. The summed E-state index contributed by atoms with van der Waals surface area (Å²) in [5, 5.41) is 3.17. The van der Waals surface area contributed by atoms with E-state index in [-0.39, 0.29) is 0 Å². The third kappa shape index (κ3) is 2.22. The number of hydrogen-bond acceptors (Lipinski definition) is 2. The van der Waals surface area contributed by atoms with E-state index < -0.39 is 0 Å². The summed E-state index contributed by atoms with van der Waals surface area (Å²) in [4.78, 5) is 4.32. The lowest BCUT2D eigenvalue weighted by atomic mass is 10.1. The fourth-order valence-electron chi connectivity index (χ4n) is 1.27. The Kier molecular flexibility index (Phi) is 3.58. The maximum Gasteiger partial charge on any atom is 0.0634 e. The van der Waals surface area contributed by atoms with Crippen LogP contribution in [0.25, 0.3) is 0 Å². The van der Waals surface area contributed by atoms with Gasteiger partial charge >= 0.3 is 0 Å². The fraction of sp³-hybridized carbons (Fsp3) is 0.500. The summed E-state index contributed by atoms with van der Waals surface area (Å²) in [5.41, 5.74) is 2.36. The van der Waals surface area contributed by atoms with Crippen LogP contribution in [0.4, 0.5) is 0 Å². The van der Waals surface area contributed by atoms with Crippen molar-refractivity contribution < 1.29 is 0 Å². The Morgan fingerprint density at radius 2 is 2.58 bits per heavy atom. The molecule has 0 aliphatic carbocycles. The molecule has 0 radical (unpaired) electrons. The zero-order valence-electron chi connectivity index (χ0n) is 7.80. The van der Waals surface area contributed by atoms with E-state index in [1.165, 1.54) is 11.4 Å². The lowest BCUT2D eigenvalue weighted by molar-refractivity contribution is 0.975. The monoisotopic (exact) mass is 164 g/mol. The maximum absolute atomic E-state index is 4.32. The van der Waals surface area contributed by atoms with Crippen LogP contribution in [0.2, 0.25) is 0 Å². The Morgan fingerprint density at radius 3 is 3.08 bits per heavy atom. The highest BCUT2D eigenvalue weighted by molar-refractivity contribution is 6.00. The van der Waals surface area contributed by atoms with Gasteiger partial charge in [-0.15, -0.1) is 0 Å². The molecule has 0 spiro atoms. The Labute approximate surface area is 74.1 Å². The number of nitrogens with zero attached hydrogens (tertiary/aromatic N) is 1. The average molecular weight is 164 g/mol. The van der Waals surface area contributed by atoms with Gasteiger partial charge in [0.1, 0.15) is 0 Å². The molecule has 0 saturated carbocycles. The summed E-state index contributed by atoms with van der Waals surface area (Å²) >= 11 is 0. The van der Waals surface area contributed by atoms with Crippen LogP contribution in [-0.2, 0) is 0 Å². The summed E-state index contributed by atoms with van der Waals surface area (Å²) in [6.07, 6.45) is 9.39. The summed E-state index contributed by atoms with van der Waals surface area (Å²) in [5.74, 6) is 0. The summed E-state index contributed by atoms with van der Waals surface area (Å²) in [6, 6.07) is 0. The van der Waals surface area contributed by atoms with E-state index in [1.54, 1.807) is 0 Å². The number of allylic oxidation sites excluding steroid dienone is 3. The number of nitrogens with one attached hydrogen (secondary N) is 1. The summed E-state index contributed by atoms with van der Waals surface area (Å²) < 4.78 is 0. The second-order valence-electron chi connectivity index (χ2n) is 2.78. The minimum atomic E-state index is 1.05. The van der Waals surface area contributed by atoms with Gasteiger partial charge in [0, 0.05) is 13.2 Å². The van der Waals surface area contributed by atoms with Crippen molar-refractivity contribution >= 4 is 5.71 Å². The third-order valence-electron chi connectivity index (χ3n) is 1.87. The van der Waals surface area contributed by atoms with Crippen LogP contribution >= 0.6 is 0 Å². The molecular weight excluding hydrogens is 148 g/mol. The molecule has 0 aromatic carbocycles. The van der Waals surface area contributed by atoms with Gasteiger partial charge in [-0.1, -0.05) is 19.1 Å². The number of rotatable bonds is 3. The van der Waals surface area contributed by atoms with Crippen LogP contribution in [0, 0.1) is 0 Å². The largest absolute Gasteiger partial charge is 0.387 e. The molecule has 0 fully saturated rings. The molecule has 1 N–H and O–H groups in total. The van der Waals surface area contributed by atoms with E-state index in [0.29, 0.717) is 0 Å². The van der Waals surface area contributed by atoms with Crippen molar-refractivity contribution in [3.05, 3.63) is 24.0 Å². The first-order valence-corrected chi connectivity index (χ1v) is 4.48. The fourth-order valence-corrected chi connectivity index (χ4v) is 1.27. The molecule has 0 amide bonds. The molecule has 1 rings (SSSR count). The molecule has 0 atom stereocenters. The van der Waals surface area contributed by atoms with E-state index >= 15 is 0 Å². The highest BCUT2D eigenvalue weighted by atomic mass is 14.9. The molecule has 2 nitrogen and oxygen atoms in total. The first kappa shape index (κ1) is 9.04. The standard InChI is InChI=1S/C10H16N2/c1-3-6-9(11-2)10-7-4-5-8-12-10/h5-6,8,11H,3-4,7H2,1-2H3/b9-6-. The normalized spacial score (nSPS) is 17.5. The molecule has 0 aromatic rings. The van der Waals surface area contributed by atoms with Gasteiger partial charge in [-0.05, 0) is 19.3 Å². The first-order chi connectivity index (χ1) is 5.88. The maximum atomic E-state index is 4.32. The third-order valence-corrected chi connectivity index (χ3v) is 1.87. The Morgan fingerprint density at radius 1 is 1.75 bits per heavy atom. The molecule has 0 aromatic heterocycles. The Bertz CT molecular complexity index is 224. The first-order valence-electron chi connectivity index (χ1n) is 4.48. The quantitative estimate of drug-likeness (QED) is 0.679. The van der Waals surface area contributed by atoms with Crippen molar-refractivity contribution in [2.45, 2.75) is 26.2 Å². The van der Waals surface area contributed by atoms with E-state index in [2.05, 4.69) is 29.4 Å². The lowest BCUT2D eigenvalue weighted by Crippen LogP contribution is -2.16. The van der Waals surface area contributed by atoms with Crippen LogP contribution in [0.3, 0.4) is 0 Å². The van der Waals surface area contributed by atoms with E-state index in [9.17, 15) is 0 Å². The van der Waals surface area contributed by atoms with Gasteiger partial charge in [-0.3, -0.25) is 4.99 Å². The molecule has 66 valence electrons. The Balaban J connectivity index is 2.71.